The summed E-state index contributed by atoms with van der Waals surface area (Å²) in [4.78, 5) is 25.4. The molecule has 0 spiro atoms. The van der Waals surface area contributed by atoms with Crippen LogP contribution in [0.3, 0.4) is 0 Å². The standard InChI is InChI=1S/C18H13Cl3N2O2/c1-2-23-9-12(17(24)11-8-10(19)6-7-15(11)23)18(25)22-16-13(20)4-3-5-14(16)21/h3-9H,2H2,1H3,(H,22,25). The van der Waals surface area contributed by atoms with Gasteiger partial charge in [0, 0.05) is 23.2 Å². The van der Waals surface area contributed by atoms with Gasteiger partial charge >= 0.3 is 0 Å². The zero-order valence-electron chi connectivity index (χ0n) is 13.1. The van der Waals surface area contributed by atoms with Crippen LogP contribution < -0.4 is 10.7 Å². The number of carbonyl (C=O) groups excluding carboxylic acids is 1. The number of aryl methyl sites for hydroxylation is 1. The molecule has 0 saturated heterocycles. The molecule has 0 atom stereocenters. The molecule has 3 rings (SSSR count). The molecule has 0 aliphatic carbocycles. The van der Waals surface area contributed by atoms with Crippen molar-refractivity contribution in [2.45, 2.75) is 13.5 Å². The monoisotopic (exact) mass is 394 g/mol. The lowest BCUT2D eigenvalue weighted by molar-refractivity contribution is 0.102. The largest absolute Gasteiger partial charge is 0.347 e. The van der Waals surface area contributed by atoms with Gasteiger partial charge in [-0.25, -0.2) is 0 Å². The van der Waals surface area contributed by atoms with Gasteiger partial charge in [0.05, 0.1) is 21.2 Å². The van der Waals surface area contributed by atoms with Crippen molar-refractivity contribution >= 4 is 57.3 Å². The van der Waals surface area contributed by atoms with E-state index in [0.717, 1.165) is 0 Å². The summed E-state index contributed by atoms with van der Waals surface area (Å²) < 4.78 is 1.82. The fourth-order valence-corrected chi connectivity index (χ4v) is 3.26. The molecule has 2 aromatic carbocycles. The summed E-state index contributed by atoms with van der Waals surface area (Å²) in [5.41, 5.74) is 0.573. The molecular formula is C18H13Cl3N2O2. The van der Waals surface area contributed by atoms with Crippen molar-refractivity contribution in [2.75, 3.05) is 5.32 Å². The maximum absolute atomic E-state index is 12.8. The number of pyridine rings is 1. The predicted molar refractivity (Wildman–Crippen MR) is 103 cm³/mol. The van der Waals surface area contributed by atoms with Crippen molar-refractivity contribution in [1.82, 2.24) is 4.57 Å². The molecule has 1 heterocycles. The number of nitrogens with one attached hydrogen (secondary N) is 1. The molecule has 0 saturated carbocycles. The summed E-state index contributed by atoms with van der Waals surface area (Å²) in [5, 5.41) is 4.01. The van der Waals surface area contributed by atoms with Crippen molar-refractivity contribution in [3.63, 3.8) is 0 Å². The first kappa shape index (κ1) is 17.8. The second kappa shape index (κ2) is 7.08. The Hall–Kier alpha value is -2.01. The Labute approximate surface area is 158 Å². The van der Waals surface area contributed by atoms with Crippen LogP contribution in [-0.2, 0) is 6.54 Å². The van der Waals surface area contributed by atoms with Gasteiger partial charge in [-0.15, -0.1) is 0 Å². The average Bonchev–Trinajstić information content (AvgIpc) is 2.59. The topological polar surface area (TPSA) is 51.1 Å². The van der Waals surface area contributed by atoms with Crippen LogP contribution in [0.15, 0.2) is 47.4 Å². The Morgan fingerprint density at radius 3 is 2.44 bits per heavy atom. The minimum atomic E-state index is -0.580. The molecule has 1 N–H and O–H groups in total. The highest BCUT2D eigenvalue weighted by Gasteiger charge is 2.17. The van der Waals surface area contributed by atoms with Crippen LogP contribution in [-0.4, -0.2) is 10.5 Å². The molecule has 0 aliphatic heterocycles. The lowest BCUT2D eigenvalue weighted by atomic mass is 10.1. The molecule has 0 radical (unpaired) electrons. The number of hydrogen-bond acceptors (Lipinski definition) is 2. The molecule has 1 amide bonds. The Morgan fingerprint density at radius 2 is 1.80 bits per heavy atom. The third-order valence-corrected chi connectivity index (χ3v) is 4.69. The van der Waals surface area contributed by atoms with E-state index in [1.165, 1.54) is 6.20 Å². The van der Waals surface area contributed by atoms with Crippen molar-refractivity contribution in [1.29, 1.82) is 0 Å². The van der Waals surface area contributed by atoms with Gasteiger partial charge in [0.1, 0.15) is 5.56 Å². The Morgan fingerprint density at radius 1 is 1.12 bits per heavy atom. The molecular weight excluding hydrogens is 383 g/mol. The maximum Gasteiger partial charge on any atom is 0.261 e. The minimum Gasteiger partial charge on any atom is -0.347 e. The first-order valence-electron chi connectivity index (χ1n) is 7.50. The first-order valence-corrected chi connectivity index (χ1v) is 8.63. The number of hydrogen-bond donors (Lipinski definition) is 1. The van der Waals surface area contributed by atoms with Crippen LogP contribution in [0.4, 0.5) is 5.69 Å². The molecule has 128 valence electrons. The van der Waals surface area contributed by atoms with Gasteiger partial charge in [-0.2, -0.15) is 0 Å². The number of carbonyl (C=O) groups is 1. The van der Waals surface area contributed by atoms with Crippen LogP contribution >= 0.6 is 34.8 Å². The zero-order valence-corrected chi connectivity index (χ0v) is 15.4. The second-order valence-corrected chi connectivity index (χ2v) is 6.62. The second-order valence-electron chi connectivity index (χ2n) is 5.37. The quantitative estimate of drug-likeness (QED) is 0.660. The lowest BCUT2D eigenvalue weighted by Gasteiger charge is -2.13. The van der Waals surface area contributed by atoms with Gasteiger partial charge in [-0.1, -0.05) is 40.9 Å². The van der Waals surface area contributed by atoms with E-state index in [1.54, 1.807) is 36.4 Å². The number of nitrogens with zero attached hydrogens (tertiary/aromatic N) is 1. The van der Waals surface area contributed by atoms with E-state index in [0.29, 0.717) is 32.5 Å². The molecule has 3 aromatic rings. The van der Waals surface area contributed by atoms with Gasteiger partial charge in [-0.3, -0.25) is 9.59 Å². The summed E-state index contributed by atoms with van der Waals surface area (Å²) in [6, 6.07) is 9.90. The average molecular weight is 396 g/mol. The number of anilines is 1. The number of para-hydroxylation sites is 1. The van der Waals surface area contributed by atoms with Gasteiger partial charge in [-0.05, 0) is 37.3 Å². The lowest BCUT2D eigenvalue weighted by Crippen LogP contribution is -2.24. The van der Waals surface area contributed by atoms with Crippen molar-refractivity contribution in [2.24, 2.45) is 0 Å². The summed E-state index contributed by atoms with van der Waals surface area (Å²) >= 11 is 18.2. The molecule has 0 bridgehead atoms. The number of fused-ring (bicyclic) bond motifs is 1. The number of aromatic nitrogens is 1. The van der Waals surface area contributed by atoms with E-state index >= 15 is 0 Å². The van der Waals surface area contributed by atoms with Crippen LogP contribution in [0.25, 0.3) is 10.9 Å². The number of rotatable bonds is 3. The SMILES string of the molecule is CCn1cc(C(=O)Nc2c(Cl)cccc2Cl)c(=O)c2cc(Cl)ccc21. The molecule has 7 heteroatoms. The fraction of sp³-hybridized carbons (Fsp3) is 0.111. The van der Waals surface area contributed by atoms with E-state index in [2.05, 4.69) is 5.32 Å². The van der Waals surface area contributed by atoms with Crippen LogP contribution in [0.2, 0.25) is 15.1 Å². The molecule has 4 nitrogen and oxygen atoms in total. The van der Waals surface area contributed by atoms with Gasteiger partial charge in [0.2, 0.25) is 5.43 Å². The minimum absolute atomic E-state index is 0.00685. The Bertz CT molecular complexity index is 1020. The molecule has 1 aromatic heterocycles. The molecule has 0 unspecified atom stereocenters. The third kappa shape index (κ3) is 3.38. The summed E-state index contributed by atoms with van der Waals surface area (Å²) in [6.45, 7) is 2.51. The fourth-order valence-electron chi connectivity index (χ4n) is 2.59. The van der Waals surface area contributed by atoms with E-state index in [1.807, 2.05) is 11.5 Å². The van der Waals surface area contributed by atoms with Crippen LogP contribution in [0, 0.1) is 0 Å². The highest BCUT2D eigenvalue weighted by molar-refractivity contribution is 6.40. The highest BCUT2D eigenvalue weighted by atomic mass is 35.5. The van der Waals surface area contributed by atoms with E-state index < -0.39 is 11.3 Å². The van der Waals surface area contributed by atoms with E-state index in [-0.39, 0.29) is 11.3 Å². The van der Waals surface area contributed by atoms with Crippen molar-refractivity contribution in [3.05, 3.63) is 73.4 Å². The smallest absolute Gasteiger partial charge is 0.261 e. The van der Waals surface area contributed by atoms with Gasteiger partial charge < -0.3 is 9.88 Å². The third-order valence-electron chi connectivity index (χ3n) is 3.83. The predicted octanol–water partition coefficient (Wildman–Crippen LogP) is 5.23. The highest BCUT2D eigenvalue weighted by Crippen LogP contribution is 2.30. The molecule has 0 fully saturated rings. The normalized spacial score (nSPS) is 10.9. The summed E-state index contributed by atoms with van der Waals surface area (Å²) in [6.07, 6.45) is 1.53. The van der Waals surface area contributed by atoms with E-state index in [9.17, 15) is 9.59 Å². The van der Waals surface area contributed by atoms with Crippen LogP contribution in [0.1, 0.15) is 17.3 Å². The molecule has 0 aliphatic rings. The molecule has 25 heavy (non-hydrogen) atoms. The number of benzene rings is 2. The van der Waals surface area contributed by atoms with Crippen molar-refractivity contribution < 1.29 is 4.79 Å². The number of amides is 1. The maximum atomic E-state index is 12.8. The summed E-state index contributed by atoms with van der Waals surface area (Å²) in [7, 11) is 0. The van der Waals surface area contributed by atoms with Gasteiger partial charge in [0.25, 0.3) is 5.91 Å². The summed E-state index contributed by atoms with van der Waals surface area (Å²) in [5.74, 6) is -0.580. The number of halogens is 3. The van der Waals surface area contributed by atoms with Crippen molar-refractivity contribution in [3.8, 4) is 0 Å². The first-order chi connectivity index (χ1) is 11.9. The van der Waals surface area contributed by atoms with Gasteiger partial charge in [0.15, 0.2) is 0 Å². The van der Waals surface area contributed by atoms with Crippen LogP contribution in [0.5, 0.6) is 0 Å². The Balaban J connectivity index is 2.13. The van der Waals surface area contributed by atoms with E-state index in [4.69, 9.17) is 34.8 Å². The Kier molecular flexibility index (Phi) is 5.04. The zero-order chi connectivity index (χ0) is 18.1.